The number of Topliss-reactive ketones (excluding diaryl/α,β-unsaturated/α-hetero) is 1. The summed E-state index contributed by atoms with van der Waals surface area (Å²) in [5, 5.41) is 0.536. The predicted octanol–water partition coefficient (Wildman–Crippen LogP) is 2.87. The van der Waals surface area contributed by atoms with E-state index in [1.54, 1.807) is 0 Å². The Labute approximate surface area is 111 Å². The van der Waals surface area contributed by atoms with Crippen molar-refractivity contribution in [1.82, 2.24) is 0 Å². The number of halogens is 1. The first-order chi connectivity index (χ1) is 7.81. The van der Waals surface area contributed by atoms with Gasteiger partial charge in [-0.3, -0.25) is 9.59 Å². The molecular formula is C13H19BrO3. The third-order valence-corrected chi connectivity index (χ3v) is 4.62. The van der Waals surface area contributed by atoms with Gasteiger partial charge in [-0.25, -0.2) is 0 Å². The van der Waals surface area contributed by atoms with Gasteiger partial charge < -0.3 is 4.74 Å². The summed E-state index contributed by atoms with van der Waals surface area (Å²) in [5.41, 5.74) is 0.187. The SMILES string of the molecule is CC(=O)OC(C)(CBr)C1CC=C(C)C(=O)C1C. The molecule has 3 unspecified atom stereocenters. The van der Waals surface area contributed by atoms with Gasteiger partial charge >= 0.3 is 5.97 Å². The fourth-order valence-corrected chi connectivity index (χ4v) is 2.99. The van der Waals surface area contributed by atoms with E-state index >= 15 is 0 Å². The van der Waals surface area contributed by atoms with Gasteiger partial charge in [0.25, 0.3) is 0 Å². The summed E-state index contributed by atoms with van der Waals surface area (Å²) < 4.78 is 5.41. The van der Waals surface area contributed by atoms with Crippen LogP contribution in [0.25, 0.3) is 0 Å². The van der Waals surface area contributed by atoms with Crippen LogP contribution in [-0.4, -0.2) is 22.7 Å². The van der Waals surface area contributed by atoms with E-state index in [4.69, 9.17) is 4.74 Å². The molecule has 0 saturated carbocycles. The molecule has 0 aromatic rings. The summed E-state index contributed by atoms with van der Waals surface area (Å²) >= 11 is 3.39. The van der Waals surface area contributed by atoms with Crippen molar-refractivity contribution in [1.29, 1.82) is 0 Å². The number of carbonyl (C=O) groups is 2. The number of ether oxygens (including phenoxy) is 1. The second-order valence-corrected chi connectivity index (χ2v) is 5.48. The minimum Gasteiger partial charge on any atom is -0.458 e. The zero-order valence-electron chi connectivity index (χ0n) is 10.7. The summed E-state index contributed by atoms with van der Waals surface area (Å²) in [6.07, 6.45) is 2.71. The Morgan fingerprint density at radius 2 is 2.24 bits per heavy atom. The van der Waals surface area contributed by atoms with E-state index in [1.807, 2.05) is 26.8 Å². The van der Waals surface area contributed by atoms with E-state index in [-0.39, 0.29) is 23.6 Å². The summed E-state index contributed by atoms with van der Waals surface area (Å²) in [4.78, 5) is 23.1. The van der Waals surface area contributed by atoms with Crippen LogP contribution in [0.4, 0.5) is 0 Å². The van der Waals surface area contributed by atoms with E-state index in [0.29, 0.717) is 5.33 Å². The number of alkyl halides is 1. The van der Waals surface area contributed by atoms with Gasteiger partial charge in [-0.1, -0.05) is 28.9 Å². The Bertz CT molecular complexity index is 362. The molecule has 0 spiro atoms. The van der Waals surface area contributed by atoms with Gasteiger partial charge in [0.1, 0.15) is 5.60 Å². The van der Waals surface area contributed by atoms with Crippen LogP contribution in [0.1, 0.15) is 34.1 Å². The smallest absolute Gasteiger partial charge is 0.303 e. The monoisotopic (exact) mass is 302 g/mol. The Morgan fingerprint density at radius 3 is 2.71 bits per heavy atom. The molecule has 17 heavy (non-hydrogen) atoms. The summed E-state index contributed by atoms with van der Waals surface area (Å²) in [6.45, 7) is 7.03. The van der Waals surface area contributed by atoms with E-state index in [2.05, 4.69) is 15.9 Å². The Balaban J connectivity index is 2.98. The Hall–Kier alpha value is -0.640. The maximum atomic E-state index is 12.0. The number of allylic oxidation sites excluding steroid dienone is 2. The molecule has 1 aliphatic rings. The molecule has 1 aliphatic carbocycles. The fraction of sp³-hybridized carbons (Fsp3) is 0.692. The van der Waals surface area contributed by atoms with Crippen LogP contribution in [0.2, 0.25) is 0 Å². The van der Waals surface area contributed by atoms with Gasteiger partial charge in [-0.05, 0) is 25.8 Å². The molecule has 0 radical (unpaired) electrons. The Morgan fingerprint density at radius 1 is 1.65 bits per heavy atom. The number of esters is 1. The first-order valence-corrected chi connectivity index (χ1v) is 6.90. The second kappa shape index (κ2) is 5.34. The van der Waals surface area contributed by atoms with E-state index in [9.17, 15) is 9.59 Å². The lowest BCUT2D eigenvalue weighted by Gasteiger charge is -2.40. The minimum atomic E-state index is -0.627. The number of carbonyl (C=O) groups excluding carboxylic acids is 2. The van der Waals surface area contributed by atoms with Gasteiger partial charge in [0.2, 0.25) is 0 Å². The lowest BCUT2D eigenvalue weighted by Crippen LogP contribution is -2.47. The van der Waals surface area contributed by atoms with Crippen LogP contribution < -0.4 is 0 Å². The highest BCUT2D eigenvalue weighted by Crippen LogP contribution is 2.38. The van der Waals surface area contributed by atoms with Crippen molar-refractivity contribution < 1.29 is 14.3 Å². The van der Waals surface area contributed by atoms with E-state index in [1.165, 1.54) is 6.92 Å². The van der Waals surface area contributed by atoms with Crippen molar-refractivity contribution in [3.63, 3.8) is 0 Å². The van der Waals surface area contributed by atoms with Crippen LogP contribution >= 0.6 is 15.9 Å². The summed E-state index contributed by atoms with van der Waals surface area (Å²) in [7, 11) is 0. The molecule has 0 heterocycles. The summed E-state index contributed by atoms with van der Waals surface area (Å²) in [5.74, 6) is -0.234. The van der Waals surface area contributed by atoms with Crippen molar-refractivity contribution in [2.24, 2.45) is 11.8 Å². The lowest BCUT2D eigenvalue weighted by molar-refractivity contribution is -0.161. The van der Waals surface area contributed by atoms with Crippen LogP contribution in [0.15, 0.2) is 11.6 Å². The third kappa shape index (κ3) is 2.97. The van der Waals surface area contributed by atoms with Crippen molar-refractivity contribution in [3.05, 3.63) is 11.6 Å². The number of ketones is 1. The molecule has 0 aromatic heterocycles. The highest BCUT2D eigenvalue weighted by Gasteiger charge is 2.43. The first kappa shape index (κ1) is 14.4. The third-order valence-electron chi connectivity index (χ3n) is 3.51. The van der Waals surface area contributed by atoms with E-state index < -0.39 is 5.60 Å². The largest absolute Gasteiger partial charge is 0.458 e. The average molecular weight is 303 g/mol. The normalized spacial score (nSPS) is 28.3. The molecular weight excluding hydrogens is 284 g/mol. The van der Waals surface area contributed by atoms with Crippen molar-refractivity contribution in [3.8, 4) is 0 Å². The highest BCUT2D eigenvalue weighted by atomic mass is 79.9. The topological polar surface area (TPSA) is 43.4 Å². The number of hydrogen-bond donors (Lipinski definition) is 0. The van der Waals surface area contributed by atoms with Gasteiger partial charge in [-0.2, -0.15) is 0 Å². The maximum Gasteiger partial charge on any atom is 0.303 e. The minimum absolute atomic E-state index is 0.0296. The molecule has 0 N–H and O–H groups in total. The molecule has 1 rings (SSSR count). The molecule has 0 bridgehead atoms. The second-order valence-electron chi connectivity index (χ2n) is 4.92. The molecule has 0 amide bonds. The molecule has 0 aliphatic heterocycles. The van der Waals surface area contributed by atoms with Crippen LogP contribution in [0.5, 0.6) is 0 Å². The van der Waals surface area contributed by atoms with Crippen molar-refractivity contribution in [2.45, 2.75) is 39.7 Å². The lowest BCUT2D eigenvalue weighted by atomic mass is 9.72. The number of hydrogen-bond acceptors (Lipinski definition) is 3. The zero-order chi connectivity index (χ0) is 13.2. The molecule has 96 valence electrons. The molecule has 0 saturated heterocycles. The fourth-order valence-electron chi connectivity index (χ4n) is 2.46. The van der Waals surface area contributed by atoms with Gasteiger partial charge in [0, 0.05) is 24.1 Å². The van der Waals surface area contributed by atoms with Crippen LogP contribution in [0.3, 0.4) is 0 Å². The quantitative estimate of drug-likeness (QED) is 0.595. The maximum absolute atomic E-state index is 12.0. The summed E-state index contributed by atoms with van der Waals surface area (Å²) in [6, 6.07) is 0. The van der Waals surface area contributed by atoms with Crippen LogP contribution in [-0.2, 0) is 14.3 Å². The standard InChI is InChI=1S/C13H19BrO3/c1-8-5-6-11(9(2)12(8)16)13(4,7-14)17-10(3)15/h5,9,11H,6-7H2,1-4H3. The van der Waals surface area contributed by atoms with Crippen molar-refractivity contribution >= 4 is 27.7 Å². The van der Waals surface area contributed by atoms with Gasteiger partial charge in [0.15, 0.2) is 5.78 Å². The van der Waals surface area contributed by atoms with E-state index in [0.717, 1.165) is 12.0 Å². The molecule has 4 heteroatoms. The van der Waals surface area contributed by atoms with Crippen LogP contribution in [0, 0.1) is 11.8 Å². The molecule has 0 fully saturated rings. The van der Waals surface area contributed by atoms with Crippen molar-refractivity contribution in [2.75, 3.05) is 5.33 Å². The highest BCUT2D eigenvalue weighted by molar-refractivity contribution is 9.09. The molecule has 3 nitrogen and oxygen atoms in total. The molecule has 3 atom stereocenters. The van der Waals surface area contributed by atoms with Gasteiger partial charge in [0.05, 0.1) is 0 Å². The first-order valence-electron chi connectivity index (χ1n) is 5.78. The Kier molecular flexibility index (Phi) is 4.53. The number of rotatable bonds is 3. The average Bonchev–Trinajstić information content (AvgIpc) is 2.24. The van der Waals surface area contributed by atoms with Gasteiger partial charge in [-0.15, -0.1) is 0 Å². The molecule has 0 aromatic carbocycles. The zero-order valence-corrected chi connectivity index (χ0v) is 12.3. The predicted molar refractivity (Wildman–Crippen MR) is 70.0 cm³/mol.